The van der Waals surface area contributed by atoms with Crippen LogP contribution in [0.4, 0.5) is 0 Å². The van der Waals surface area contributed by atoms with E-state index in [1.54, 1.807) is 0 Å². The summed E-state index contributed by atoms with van der Waals surface area (Å²) in [6, 6.07) is 19.7. The molecule has 2 aromatic carbocycles. The average molecular weight is 432 g/mol. The van der Waals surface area contributed by atoms with E-state index in [0.717, 1.165) is 17.4 Å². The molecule has 138 valence electrons. The van der Waals surface area contributed by atoms with E-state index in [0.29, 0.717) is 0 Å². The summed E-state index contributed by atoms with van der Waals surface area (Å²) < 4.78 is 7.39. The van der Waals surface area contributed by atoms with Gasteiger partial charge in [0.1, 0.15) is 0 Å². The van der Waals surface area contributed by atoms with E-state index < -0.39 is 0 Å². The van der Waals surface area contributed by atoms with Gasteiger partial charge in [-0.1, -0.05) is 58.4 Å². The fraction of sp³-hybridized carbons (Fsp3) is 0.455. The van der Waals surface area contributed by atoms with Crippen molar-refractivity contribution in [2.24, 2.45) is 0 Å². The van der Waals surface area contributed by atoms with E-state index in [4.69, 9.17) is 4.18 Å². The van der Waals surface area contributed by atoms with Crippen LogP contribution >= 0.6 is 28.0 Å². The van der Waals surface area contributed by atoms with Crippen LogP contribution in [0.1, 0.15) is 43.2 Å². The number of benzene rings is 2. The van der Waals surface area contributed by atoms with Gasteiger partial charge in [0.2, 0.25) is 0 Å². The van der Waals surface area contributed by atoms with Gasteiger partial charge in [-0.2, -0.15) is 0 Å². The molecule has 4 heteroatoms. The minimum Gasteiger partial charge on any atom is -0.311 e. The lowest BCUT2D eigenvalue weighted by Gasteiger charge is -2.57. The lowest BCUT2D eigenvalue weighted by Crippen LogP contribution is -2.62. The molecule has 0 amide bonds. The molecule has 3 aliphatic rings. The Morgan fingerprint density at radius 1 is 1.04 bits per heavy atom. The fourth-order valence-corrected chi connectivity index (χ4v) is 5.63. The number of hydrogen-bond acceptors (Lipinski definition) is 3. The molecule has 2 nitrogen and oxygen atoms in total. The normalized spacial score (nSPS) is 30.5. The number of fused-ring (bicyclic) bond motifs is 3. The first-order chi connectivity index (χ1) is 12.7. The monoisotopic (exact) mass is 431 g/mol. The maximum Gasteiger partial charge on any atom is 0.0836 e. The number of nitrogens with one attached hydrogen (secondary N) is 1. The Balaban J connectivity index is 1.54. The predicted molar refractivity (Wildman–Crippen MR) is 113 cm³/mol. The van der Waals surface area contributed by atoms with Gasteiger partial charge in [-0.15, -0.1) is 0 Å². The Morgan fingerprint density at radius 2 is 1.73 bits per heavy atom. The molecular weight excluding hydrogens is 406 g/mol. The van der Waals surface area contributed by atoms with Gasteiger partial charge >= 0.3 is 0 Å². The van der Waals surface area contributed by atoms with Crippen LogP contribution in [-0.4, -0.2) is 17.9 Å². The Labute approximate surface area is 169 Å². The summed E-state index contributed by atoms with van der Waals surface area (Å²) in [4.78, 5) is 0. The van der Waals surface area contributed by atoms with E-state index in [9.17, 15) is 0 Å². The zero-order chi connectivity index (χ0) is 18.0. The zero-order valence-corrected chi connectivity index (χ0v) is 17.6. The standard InChI is InChI=1S/C22H26BrNOS/c1-26-25-20-15-21(24-16-17-5-3-2-4-6-17)11-13-22(20,14-12-21)18-7-9-19(23)10-8-18/h2-10,20,24H,11-16H2,1H3. The van der Waals surface area contributed by atoms with E-state index >= 15 is 0 Å². The van der Waals surface area contributed by atoms with Gasteiger partial charge in [-0.3, -0.25) is 0 Å². The molecule has 0 aliphatic heterocycles. The van der Waals surface area contributed by atoms with Gasteiger partial charge in [0.25, 0.3) is 0 Å². The van der Waals surface area contributed by atoms with Crippen molar-refractivity contribution in [3.63, 3.8) is 0 Å². The molecule has 26 heavy (non-hydrogen) atoms. The van der Waals surface area contributed by atoms with Gasteiger partial charge in [0.15, 0.2) is 0 Å². The molecular formula is C22H26BrNOS. The first kappa shape index (κ1) is 18.5. The van der Waals surface area contributed by atoms with Crippen molar-refractivity contribution in [1.82, 2.24) is 5.32 Å². The topological polar surface area (TPSA) is 21.3 Å². The molecule has 3 saturated carbocycles. The minimum absolute atomic E-state index is 0.167. The number of halogens is 1. The van der Waals surface area contributed by atoms with Crippen LogP contribution in [0.5, 0.6) is 0 Å². The van der Waals surface area contributed by atoms with Gasteiger partial charge < -0.3 is 9.50 Å². The zero-order valence-electron chi connectivity index (χ0n) is 15.2. The van der Waals surface area contributed by atoms with Crippen molar-refractivity contribution in [3.05, 3.63) is 70.2 Å². The first-order valence-electron chi connectivity index (χ1n) is 9.40. The third kappa shape index (κ3) is 3.49. The van der Waals surface area contributed by atoms with Crippen LogP contribution < -0.4 is 5.32 Å². The van der Waals surface area contributed by atoms with Crippen LogP contribution in [0.2, 0.25) is 0 Å². The second-order valence-electron chi connectivity index (χ2n) is 7.74. The summed E-state index contributed by atoms with van der Waals surface area (Å²) in [6.45, 7) is 0.943. The van der Waals surface area contributed by atoms with E-state index in [2.05, 4.69) is 75.8 Å². The summed E-state index contributed by atoms with van der Waals surface area (Å²) in [5.74, 6) is 0. The van der Waals surface area contributed by atoms with Crippen molar-refractivity contribution in [2.45, 2.75) is 55.7 Å². The SMILES string of the molecule is CSOC1CC2(NCc3ccccc3)CCC1(c1ccc(Br)cc1)CC2. The highest BCUT2D eigenvalue weighted by molar-refractivity contribution is 9.10. The van der Waals surface area contributed by atoms with E-state index in [-0.39, 0.29) is 17.1 Å². The lowest BCUT2D eigenvalue weighted by molar-refractivity contribution is -0.0265. The summed E-state index contributed by atoms with van der Waals surface area (Å²) in [7, 11) is 0. The Bertz CT molecular complexity index is 726. The molecule has 0 spiro atoms. The molecule has 5 rings (SSSR count). The Kier molecular flexibility index (Phi) is 5.47. The van der Waals surface area contributed by atoms with Crippen molar-refractivity contribution in [1.29, 1.82) is 0 Å². The Morgan fingerprint density at radius 3 is 2.38 bits per heavy atom. The third-order valence-electron chi connectivity index (χ3n) is 6.43. The summed E-state index contributed by atoms with van der Waals surface area (Å²) in [5, 5.41) is 3.91. The fourth-order valence-electron chi connectivity index (χ4n) is 4.88. The quantitative estimate of drug-likeness (QED) is 0.578. The van der Waals surface area contributed by atoms with Gasteiger partial charge in [-0.25, -0.2) is 0 Å². The second kappa shape index (κ2) is 7.67. The highest BCUT2D eigenvalue weighted by atomic mass is 79.9. The molecule has 3 aliphatic carbocycles. The number of hydrogen-bond donors (Lipinski definition) is 1. The molecule has 3 fully saturated rings. The first-order valence-corrected chi connectivity index (χ1v) is 11.3. The highest BCUT2D eigenvalue weighted by Crippen LogP contribution is 2.55. The van der Waals surface area contributed by atoms with Gasteiger partial charge in [0.05, 0.1) is 6.10 Å². The summed E-state index contributed by atoms with van der Waals surface area (Å²) in [5.41, 5.74) is 3.18. The maximum absolute atomic E-state index is 6.25. The van der Waals surface area contributed by atoms with Crippen molar-refractivity contribution in [3.8, 4) is 0 Å². The molecule has 1 atom stereocenters. The minimum atomic E-state index is 0.167. The van der Waals surface area contributed by atoms with Gasteiger partial charge in [-0.05, 0) is 67.4 Å². The van der Waals surface area contributed by atoms with Crippen LogP contribution in [0, 0.1) is 0 Å². The van der Waals surface area contributed by atoms with Crippen molar-refractivity contribution >= 4 is 28.0 Å². The van der Waals surface area contributed by atoms with Crippen LogP contribution in [0.3, 0.4) is 0 Å². The van der Waals surface area contributed by atoms with Crippen LogP contribution in [-0.2, 0) is 16.1 Å². The second-order valence-corrected chi connectivity index (χ2v) is 9.18. The van der Waals surface area contributed by atoms with Crippen LogP contribution in [0.25, 0.3) is 0 Å². The third-order valence-corrected chi connectivity index (χ3v) is 7.39. The van der Waals surface area contributed by atoms with Gasteiger partial charge in [0, 0.05) is 28.2 Å². The predicted octanol–water partition coefficient (Wildman–Crippen LogP) is 5.86. The largest absolute Gasteiger partial charge is 0.311 e. The average Bonchev–Trinajstić information content (AvgIpc) is 2.69. The molecule has 1 N–H and O–H groups in total. The molecule has 0 heterocycles. The molecule has 0 radical (unpaired) electrons. The van der Waals surface area contributed by atoms with Crippen molar-refractivity contribution in [2.75, 3.05) is 6.26 Å². The molecule has 0 aromatic heterocycles. The van der Waals surface area contributed by atoms with Crippen molar-refractivity contribution < 1.29 is 4.18 Å². The smallest absolute Gasteiger partial charge is 0.0836 e. The summed E-state index contributed by atoms with van der Waals surface area (Å²) >= 11 is 5.09. The maximum atomic E-state index is 6.25. The Hall–Kier alpha value is -0.810. The lowest BCUT2D eigenvalue weighted by atomic mass is 9.53. The summed E-state index contributed by atoms with van der Waals surface area (Å²) in [6.07, 6.45) is 8.25. The molecule has 1 unspecified atom stereocenters. The highest BCUT2D eigenvalue weighted by Gasteiger charge is 2.55. The van der Waals surface area contributed by atoms with E-state index in [1.165, 1.54) is 48.9 Å². The molecule has 2 aromatic rings. The molecule has 2 bridgehead atoms. The van der Waals surface area contributed by atoms with E-state index in [1.807, 2.05) is 6.26 Å². The number of rotatable bonds is 6. The van der Waals surface area contributed by atoms with Crippen LogP contribution in [0.15, 0.2) is 59.1 Å². The molecule has 0 saturated heterocycles.